The Morgan fingerprint density at radius 1 is 0.921 bits per heavy atom. The van der Waals surface area contributed by atoms with E-state index in [4.69, 9.17) is 49.0 Å². The van der Waals surface area contributed by atoms with Crippen molar-refractivity contribution in [3.05, 3.63) is 86.4 Å². The van der Waals surface area contributed by atoms with Gasteiger partial charge in [-0.1, -0.05) is 40.9 Å². The van der Waals surface area contributed by atoms with E-state index >= 15 is 0 Å². The van der Waals surface area contributed by atoms with E-state index in [0.29, 0.717) is 39.5 Å². The Morgan fingerprint density at radius 3 is 2.32 bits per heavy atom. The van der Waals surface area contributed by atoms with Crippen molar-refractivity contribution in [1.82, 2.24) is 5.32 Å². The molecule has 3 aromatic carbocycles. The van der Waals surface area contributed by atoms with Crippen LogP contribution >= 0.6 is 34.8 Å². The number of halogens is 3. The quantitative estimate of drug-likeness (QED) is 0.250. The SMILES string of the molecule is CCOc1c(Cl)cc(/C=C2\C(=O)NC(=O)N(c3ccc(OCc4ccc(Cl)cc4Cl)cc3)C2=O)cc1OC. The van der Waals surface area contributed by atoms with Crippen molar-refractivity contribution >= 4 is 64.4 Å². The van der Waals surface area contributed by atoms with Gasteiger partial charge in [0.25, 0.3) is 11.8 Å². The Labute approximate surface area is 233 Å². The smallest absolute Gasteiger partial charge is 0.335 e. The number of hydrogen-bond acceptors (Lipinski definition) is 6. The standard InChI is InChI=1S/C27H21Cl3N2O6/c1-3-37-24-22(30)11-15(12-23(24)36-2)10-20-25(33)31-27(35)32(26(20)34)18-6-8-19(9-7-18)38-14-16-4-5-17(28)13-21(16)29/h4-13H,3,14H2,1-2H3,(H,31,33,35)/b20-10+. The molecule has 0 atom stereocenters. The lowest BCUT2D eigenvalue weighted by Gasteiger charge is -2.26. The van der Waals surface area contributed by atoms with Gasteiger partial charge in [-0.3, -0.25) is 14.9 Å². The number of barbiturate groups is 1. The molecule has 0 aliphatic carbocycles. The highest BCUT2D eigenvalue weighted by Gasteiger charge is 2.37. The molecule has 3 aromatic rings. The summed E-state index contributed by atoms with van der Waals surface area (Å²) < 4.78 is 16.6. The second-order valence-corrected chi connectivity index (χ2v) is 9.19. The largest absolute Gasteiger partial charge is 0.493 e. The fourth-order valence-corrected chi connectivity index (χ4v) is 4.39. The Bertz CT molecular complexity index is 1440. The van der Waals surface area contributed by atoms with E-state index in [1.165, 1.54) is 31.4 Å². The maximum Gasteiger partial charge on any atom is 0.335 e. The molecule has 1 heterocycles. The van der Waals surface area contributed by atoms with Crippen LogP contribution in [0.25, 0.3) is 6.08 Å². The summed E-state index contributed by atoms with van der Waals surface area (Å²) in [4.78, 5) is 39.2. The first-order valence-corrected chi connectivity index (χ1v) is 12.4. The van der Waals surface area contributed by atoms with Gasteiger partial charge in [0, 0.05) is 15.6 Å². The third-order valence-corrected chi connectivity index (χ3v) is 6.33. The van der Waals surface area contributed by atoms with E-state index in [2.05, 4.69) is 5.32 Å². The van der Waals surface area contributed by atoms with Crippen LogP contribution in [0.2, 0.25) is 15.1 Å². The van der Waals surface area contributed by atoms with E-state index in [-0.39, 0.29) is 22.9 Å². The van der Waals surface area contributed by atoms with Crippen LogP contribution in [0.3, 0.4) is 0 Å². The van der Waals surface area contributed by atoms with E-state index in [1.807, 2.05) is 0 Å². The summed E-state index contributed by atoms with van der Waals surface area (Å²) in [5, 5.41) is 3.42. The number of methoxy groups -OCH3 is 1. The number of nitrogens with zero attached hydrogens (tertiary/aromatic N) is 1. The fraction of sp³-hybridized carbons (Fsp3) is 0.148. The van der Waals surface area contributed by atoms with Crippen molar-refractivity contribution in [3.8, 4) is 17.2 Å². The van der Waals surface area contributed by atoms with Crippen LogP contribution in [-0.2, 0) is 16.2 Å². The van der Waals surface area contributed by atoms with E-state index < -0.39 is 17.8 Å². The van der Waals surface area contributed by atoms with Gasteiger partial charge in [0.1, 0.15) is 17.9 Å². The van der Waals surface area contributed by atoms with Crippen LogP contribution in [0.5, 0.6) is 17.2 Å². The lowest BCUT2D eigenvalue weighted by Crippen LogP contribution is -2.54. The number of amides is 4. The highest BCUT2D eigenvalue weighted by atomic mass is 35.5. The monoisotopic (exact) mass is 574 g/mol. The molecule has 1 saturated heterocycles. The number of rotatable bonds is 8. The molecule has 1 fully saturated rings. The molecule has 11 heteroatoms. The summed E-state index contributed by atoms with van der Waals surface area (Å²) in [6.45, 7) is 2.36. The van der Waals surface area contributed by atoms with Crippen molar-refractivity contribution in [2.24, 2.45) is 0 Å². The van der Waals surface area contributed by atoms with Crippen LogP contribution in [0.1, 0.15) is 18.1 Å². The van der Waals surface area contributed by atoms with Crippen molar-refractivity contribution in [2.75, 3.05) is 18.6 Å². The number of hydrogen-bond donors (Lipinski definition) is 1. The zero-order chi connectivity index (χ0) is 27.4. The van der Waals surface area contributed by atoms with Gasteiger partial charge in [-0.15, -0.1) is 0 Å². The highest BCUT2D eigenvalue weighted by molar-refractivity contribution is 6.39. The summed E-state index contributed by atoms with van der Waals surface area (Å²) in [6.07, 6.45) is 1.33. The van der Waals surface area contributed by atoms with Crippen LogP contribution in [-0.4, -0.2) is 31.6 Å². The maximum absolute atomic E-state index is 13.3. The molecule has 0 spiro atoms. The van der Waals surface area contributed by atoms with Crippen LogP contribution in [0.15, 0.2) is 60.2 Å². The lowest BCUT2D eigenvalue weighted by molar-refractivity contribution is -0.122. The molecule has 0 radical (unpaired) electrons. The predicted octanol–water partition coefficient (Wildman–Crippen LogP) is 6.30. The predicted molar refractivity (Wildman–Crippen MR) is 145 cm³/mol. The Balaban J connectivity index is 1.56. The highest BCUT2D eigenvalue weighted by Crippen LogP contribution is 2.37. The molecule has 0 bridgehead atoms. The molecule has 4 rings (SSSR count). The Kier molecular flexibility index (Phi) is 8.46. The zero-order valence-corrected chi connectivity index (χ0v) is 22.5. The van der Waals surface area contributed by atoms with Gasteiger partial charge in [-0.25, -0.2) is 9.69 Å². The molecular formula is C27H21Cl3N2O6. The minimum absolute atomic E-state index is 0.188. The van der Waals surface area contributed by atoms with Gasteiger partial charge in [0.2, 0.25) is 0 Å². The summed E-state index contributed by atoms with van der Waals surface area (Å²) in [5.74, 6) is -0.481. The van der Waals surface area contributed by atoms with Crippen LogP contribution < -0.4 is 24.4 Å². The number of benzene rings is 3. The van der Waals surface area contributed by atoms with Gasteiger partial charge in [-0.2, -0.15) is 0 Å². The number of urea groups is 1. The molecule has 0 saturated carbocycles. The molecule has 1 aliphatic rings. The molecule has 196 valence electrons. The van der Waals surface area contributed by atoms with Crippen LogP contribution in [0.4, 0.5) is 10.5 Å². The number of carbonyl (C=O) groups excluding carboxylic acids is 3. The van der Waals surface area contributed by atoms with Gasteiger partial charge < -0.3 is 14.2 Å². The van der Waals surface area contributed by atoms with Gasteiger partial charge >= 0.3 is 6.03 Å². The number of nitrogens with one attached hydrogen (secondary N) is 1. The van der Waals surface area contributed by atoms with Crippen molar-refractivity contribution in [1.29, 1.82) is 0 Å². The number of imide groups is 2. The molecule has 0 aromatic heterocycles. The lowest BCUT2D eigenvalue weighted by atomic mass is 10.1. The van der Waals surface area contributed by atoms with Crippen molar-refractivity contribution in [2.45, 2.75) is 13.5 Å². The topological polar surface area (TPSA) is 94.2 Å². The molecule has 4 amide bonds. The van der Waals surface area contributed by atoms with Gasteiger partial charge in [-0.05, 0) is 67.1 Å². The fourth-order valence-electron chi connectivity index (χ4n) is 3.66. The first-order valence-electron chi connectivity index (χ1n) is 11.3. The number of ether oxygens (including phenoxy) is 3. The Hall–Kier alpha value is -3.72. The average Bonchev–Trinajstić information content (AvgIpc) is 2.88. The third kappa shape index (κ3) is 5.88. The summed E-state index contributed by atoms with van der Waals surface area (Å²) in [5.41, 5.74) is 1.13. The molecule has 8 nitrogen and oxygen atoms in total. The van der Waals surface area contributed by atoms with E-state index in [9.17, 15) is 14.4 Å². The first kappa shape index (κ1) is 27.3. The molecular weight excluding hydrogens is 555 g/mol. The van der Waals surface area contributed by atoms with Gasteiger partial charge in [0.05, 0.1) is 24.4 Å². The Morgan fingerprint density at radius 2 is 1.66 bits per heavy atom. The molecule has 0 unspecified atom stereocenters. The second kappa shape index (κ2) is 11.8. The maximum atomic E-state index is 13.3. The summed E-state index contributed by atoms with van der Waals surface area (Å²) >= 11 is 18.4. The molecule has 1 aliphatic heterocycles. The van der Waals surface area contributed by atoms with E-state index in [1.54, 1.807) is 43.3 Å². The minimum atomic E-state index is -0.874. The number of anilines is 1. The van der Waals surface area contributed by atoms with E-state index in [0.717, 1.165) is 10.5 Å². The summed E-state index contributed by atoms with van der Waals surface area (Å²) in [7, 11) is 1.45. The third-order valence-electron chi connectivity index (χ3n) is 5.46. The van der Waals surface area contributed by atoms with Crippen molar-refractivity contribution in [3.63, 3.8) is 0 Å². The normalized spacial score (nSPS) is 14.5. The molecule has 1 N–H and O–H groups in total. The van der Waals surface area contributed by atoms with Crippen LogP contribution in [0, 0.1) is 0 Å². The average molecular weight is 576 g/mol. The minimum Gasteiger partial charge on any atom is -0.493 e. The first-order chi connectivity index (χ1) is 18.2. The number of carbonyl (C=O) groups is 3. The zero-order valence-electron chi connectivity index (χ0n) is 20.2. The molecule has 38 heavy (non-hydrogen) atoms. The van der Waals surface area contributed by atoms with Crippen molar-refractivity contribution < 1.29 is 28.6 Å². The van der Waals surface area contributed by atoms with Gasteiger partial charge in [0.15, 0.2) is 11.5 Å². The second-order valence-electron chi connectivity index (χ2n) is 7.94. The summed E-state index contributed by atoms with van der Waals surface area (Å²) in [6, 6.07) is 13.6.